The van der Waals surface area contributed by atoms with Crippen molar-refractivity contribution >= 4 is 5.91 Å². The fourth-order valence-electron chi connectivity index (χ4n) is 2.07. The minimum absolute atomic E-state index is 0.131. The Morgan fingerprint density at radius 3 is 2.95 bits per heavy atom. The van der Waals surface area contributed by atoms with E-state index in [1.165, 1.54) is 0 Å². The molecule has 0 bridgehead atoms. The third-order valence-corrected chi connectivity index (χ3v) is 3.27. The molecule has 1 amide bonds. The monoisotopic (exact) mass is 302 g/mol. The molecular weight excluding hydrogens is 284 g/mol. The summed E-state index contributed by atoms with van der Waals surface area (Å²) < 4.78 is 4.96. The zero-order valence-electron chi connectivity index (χ0n) is 12.3. The van der Waals surface area contributed by atoms with Gasteiger partial charge in [0.25, 0.3) is 5.91 Å². The van der Waals surface area contributed by atoms with Crippen LogP contribution in [0.4, 0.5) is 0 Å². The molecule has 2 rings (SSSR count). The minimum Gasteiger partial charge on any atom is -0.502 e. The van der Waals surface area contributed by atoms with Crippen molar-refractivity contribution in [3.05, 3.63) is 58.4 Å². The molecule has 116 valence electrons. The van der Waals surface area contributed by atoms with Crippen LogP contribution in [0, 0.1) is 0 Å². The van der Waals surface area contributed by atoms with Crippen molar-refractivity contribution in [1.82, 2.24) is 10.3 Å². The Labute approximate surface area is 127 Å². The van der Waals surface area contributed by atoms with Crippen LogP contribution in [-0.4, -0.2) is 16.0 Å². The van der Waals surface area contributed by atoms with Crippen LogP contribution in [0.2, 0.25) is 0 Å². The van der Waals surface area contributed by atoms with Gasteiger partial charge in [-0.2, -0.15) is 0 Å². The Morgan fingerprint density at radius 2 is 2.32 bits per heavy atom. The molecule has 0 aliphatic rings. The number of pyridine rings is 1. The van der Waals surface area contributed by atoms with E-state index in [-0.39, 0.29) is 11.8 Å². The number of nitrogens with one attached hydrogen (secondary N) is 1. The molecule has 2 heterocycles. The third kappa shape index (κ3) is 3.94. The first-order valence-electron chi connectivity index (χ1n) is 7.14. The molecule has 2 N–H and O–H groups in total. The number of unbranched alkanes of at least 4 members (excludes halogenated alkanes) is 1. The van der Waals surface area contributed by atoms with Gasteiger partial charge in [-0.05, 0) is 18.1 Å². The lowest BCUT2D eigenvalue weighted by molar-refractivity contribution is 0.0903. The van der Waals surface area contributed by atoms with E-state index in [1.54, 1.807) is 18.5 Å². The molecule has 0 spiro atoms. The Balaban J connectivity index is 2.17. The maximum absolute atomic E-state index is 12.2. The van der Waals surface area contributed by atoms with Gasteiger partial charge in [-0.1, -0.05) is 25.8 Å². The van der Waals surface area contributed by atoms with Crippen molar-refractivity contribution in [2.45, 2.75) is 32.2 Å². The summed E-state index contributed by atoms with van der Waals surface area (Å²) >= 11 is 0. The number of carbonyl (C=O) groups is 1. The van der Waals surface area contributed by atoms with Crippen molar-refractivity contribution in [2.75, 3.05) is 0 Å². The predicted octanol–water partition coefficient (Wildman–Crippen LogP) is 2.40. The molecule has 0 aliphatic heterocycles. The van der Waals surface area contributed by atoms with Gasteiger partial charge in [0.05, 0.1) is 6.04 Å². The first-order chi connectivity index (χ1) is 10.6. The molecular formula is C16H18N2O4. The molecule has 2 aromatic heterocycles. The number of amides is 1. The summed E-state index contributed by atoms with van der Waals surface area (Å²) in [5.41, 5.74) is 0.244. The average Bonchev–Trinajstić information content (AvgIpc) is 2.54. The lowest BCUT2D eigenvalue weighted by Gasteiger charge is -2.18. The Hall–Kier alpha value is -2.63. The van der Waals surface area contributed by atoms with Gasteiger partial charge in [-0.3, -0.25) is 14.6 Å². The summed E-state index contributed by atoms with van der Waals surface area (Å²) in [7, 11) is 0. The first kappa shape index (κ1) is 15.8. The quantitative estimate of drug-likeness (QED) is 0.854. The SMILES string of the molecule is CCCCC(NC(=O)c1cc(=O)c(O)co1)c1cccnc1. The molecule has 0 aromatic carbocycles. The summed E-state index contributed by atoms with van der Waals surface area (Å²) in [4.78, 5) is 27.6. The van der Waals surface area contributed by atoms with Crippen molar-refractivity contribution in [1.29, 1.82) is 0 Å². The van der Waals surface area contributed by atoms with Gasteiger partial charge >= 0.3 is 0 Å². The maximum Gasteiger partial charge on any atom is 0.287 e. The lowest BCUT2D eigenvalue weighted by atomic mass is 10.0. The van der Waals surface area contributed by atoms with E-state index in [4.69, 9.17) is 9.52 Å². The highest BCUT2D eigenvalue weighted by Crippen LogP contribution is 2.19. The fourth-order valence-corrected chi connectivity index (χ4v) is 2.07. The van der Waals surface area contributed by atoms with Gasteiger partial charge in [0.15, 0.2) is 11.5 Å². The summed E-state index contributed by atoms with van der Waals surface area (Å²) in [5, 5.41) is 12.0. The van der Waals surface area contributed by atoms with Gasteiger partial charge in [0.1, 0.15) is 6.26 Å². The number of rotatable bonds is 6. The first-order valence-corrected chi connectivity index (χ1v) is 7.14. The van der Waals surface area contributed by atoms with Gasteiger partial charge in [-0.15, -0.1) is 0 Å². The molecule has 0 saturated heterocycles. The van der Waals surface area contributed by atoms with E-state index in [1.807, 2.05) is 6.07 Å². The highest BCUT2D eigenvalue weighted by molar-refractivity contribution is 5.91. The molecule has 2 aromatic rings. The average molecular weight is 302 g/mol. The molecule has 22 heavy (non-hydrogen) atoms. The van der Waals surface area contributed by atoms with E-state index in [0.29, 0.717) is 0 Å². The second-order valence-electron chi connectivity index (χ2n) is 4.95. The van der Waals surface area contributed by atoms with Crippen LogP contribution in [-0.2, 0) is 0 Å². The van der Waals surface area contributed by atoms with Crippen molar-refractivity contribution in [2.24, 2.45) is 0 Å². The van der Waals surface area contributed by atoms with Crippen molar-refractivity contribution in [3.8, 4) is 5.75 Å². The lowest BCUT2D eigenvalue weighted by Crippen LogP contribution is -2.29. The Bertz CT molecular complexity index is 682. The highest BCUT2D eigenvalue weighted by atomic mass is 16.4. The van der Waals surface area contributed by atoms with E-state index in [2.05, 4.69) is 17.2 Å². The number of nitrogens with zero attached hydrogens (tertiary/aromatic N) is 1. The minimum atomic E-state index is -0.650. The van der Waals surface area contributed by atoms with Gasteiger partial charge in [-0.25, -0.2) is 0 Å². The summed E-state index contributed by atoms with van der Waals surface area (Å²) in [6.45, 7) is 2.07. The van der Waals surface area contributed by atoms with Crippen LogP contribution in [0.5, 0.6) is 5.75 Å². The summed E-state index contributed by atoms with van der Waals surface area (Å²) in [6, 6.07) is 4.47. The molecule has 1 unspecified atom stereocenters. The van der Waals surface area contributed by atoms with Crippen LogP contribution in [0.25, 0.3) is 0 Å². The molecule has 0 saturated carbocycles. The largest absolute Gasteiger partial charge is 0.502 e. The Kier molecular flexibility index (Phi) is 5.30. The topological polar surface area (TPSA) is 92.4 Å². The zero-order valence-corrected chi connectivity index (χ0v) is 12.3. The molecule has 0 radical (unpaired) electrons. The van der Waals surface area contributed by atoms with Gasteiger partial charge in [0, 0.05) is 18.5 Å². The summed E-state index contributed by atoms with van der Waals surface area (Å²) in [5.74, 6) is -1.15. The standard InChI is InChI=1S/C16H18N2O4/c1-2-3-6-12(11-5-4-7-17-9-11)18-16(21)15-8-13(19)14(20)10-22-15/h4-5,7-10,12,20H,2-3,6H2,1H3,(H,18,21). The van der Waals surface area contributed by atoms with E-state index >= 15 is 0 Å². The molecule has 0 fully saturated rings. The van der Waals surface area contributed by atoms with Crippen LogP contribution >= 0.6 is 0 Å². The molecule has 1 atom stereocenters. The molecule has 6 heteroatoms. The Morgan fingerprint density at radius 1 is 1.50 bits per heavy atom. The van der Waals surface area contributed by atoms with Gasteiger partial charge in [0.2, 0.25) is 5.43 Å². The third-order valence-electron chi connectivity index (χ3n) is 3.27. The number of hydrogen-bond donors (Lipinski definition) is 2. The van der Waals surface area contributed by atoms with Crippen LogP contribution < -0.4 is 10.7 Å². The fraction of sp³-hybridized carbons (Fsp3) is 0.312. The van der Waals surface area contributed by atoms with Crippen LogP contribution in [0.1, 0.15) is 48.3 Å². The summed E-state index contributed by atoms with van der Waals surface area (Å²) in [6.07, 6.45) is 6.94. The number of carbonyl (C=O) groups excluding carboxylic acids is 1. The maximum atomic E-state index is 12.2. The van der Waals surface area contributed by atoms with Gasteiger partial charge < -0.3 is 14.8 Å². The van der Waals surface area contributed by atoms with Crippen LogP contribution in [0.3, 0.4) is 0 Å². The molecule has 0 aliphatic carbocycles. The normalized spacial score (nSPS) is 11.9. The van der Waals surface area contributed by atoms with Crippen LogP contribution in [0.15, 0.2) is 46.1 Å². The van der Waals surface area contributed by atoms with E-state index in [9.17, 15) is 9.59 Å². The number of aromatic nitrogens is 1. The number of aromatic hydroxyl groups is 1. The van der Waals surface area contributed by atoms with Crippen molar-refractivity contribution < 1.29 is 14.3 Å². The highest BCUT2D eigenvalue weighted by Gasteiger charge is 2.18. The second kappa shape index (κ2) is 7.40. The van der Waals surface area contributed by atoms with E-state index in [0.717, 1.165) is 37.2 Å². The van der Waals surface area contributed by atoms with Crippen molar-refractivity contribution in [3.63, 3.8) is 0 Å². The predicted molar refractivity (Wildman–Crippen MR) is 80.6 cm³/mol. The number of hydrogen-bond acceptors (Lipinski definition) is 5. The smallest absolute Gasteiger partial charge is 0.287 e. The molecule has 6 nitrogen and oxygen atoms in total. The van der Waals surface area contributed by atoms with E-state index < -0.39 is 17.1 Å². The zero-order chi connectivity index (χ0) is 15.9. The second-order valence-corrected chi connectivity index (χ2v) is 4.95.